The highest BCUT2D eigenvalue weighted by molar-refractivity contribution is 6.31. The monoisotopic (exact) mass is 343 g/mol. The summed E-state index contributed by atoms with van der Waals surface area (Å²) in [4.78, 5) is 35.6. The van der Waals surface area contributed by atoms with Crippen molar-refractivity contribution in [2.75, 3.05) is 26.0 Å². The fourth-order valence-corrected chi connectivity index (χ4v) is 2.09. The number of nitrogens with zero attached hydrogens (tertiary/aromatic N) is 1. The maximum absolute atomic E-state index is 12.1. The van der Waals surface area contributed by atoms with Gasteiger partial charge in [-0.05, 0) is 12.1 Å². The second kappa shape index (κ2) is 7.68. The number of amides is 3. The number of nitrogens with one attached hydrogen (secondary N) is 1. The summed E-state index contributed by atoms with van der Waals surface area (Å²) in [7, 11) is 2.77. The fraction of sp³-hybridized carbons (Fsp3) is 0.357. The molecule has 23 heavy (non-hydrogen) atoms. The SMILES string of the molecule is COc1c(NC(=O)N(C)CC(C)C(=O)O)cc(Cl)cc1C(N)=O. The molecule has 0 aliphatic rings. The minimum absolute atomic E-state index is 0.00667. The number of carboxylic acids is 1. The molecule has 0 bridgehead atoms. The topological polar surface area (TPSA) is 122 Å². The van der Waals surface area contributed by atoms with Gasteiger partial charge in [0.15, 0.2) is 5.75 Å². The Morgan fingerprint density at radius 2 is 2.04 bits per heavy atom. The number of halogens is 1. The van der Waals surface area contributed by atoms with E-state index in [4.69, 9.17) is 27.2 Å². The number of carbonyl (C=O) groups excluding carboxylic acids is 2. The van der Waals surface area contributed by atoms with Crippen LogP contribution in [0.2, 0.25) is 5.02 Å². The van der Waals surface area contributed by atoms with Crippen LogP contribution in [-0.2, 0) is 4.79 Å². The number of anilines is 1. The maximum Gasteiger partial charge on any atom is 0.321 e. The molecule has 0 aromatic heterocycles. The zero-order chi connectivity index (χ0) is 17.7. The van der Waals surface area contributed by atoms with Crippen LogP contribution in [0.4, 0.5) is 10.5 Å². The molecule has 0 aliphatic carbocycles. The standard InChI is InChI=1S/C14H18ClN3O5/c1-7(13(20)21)6-18(2)14(22)17-10-5-8(15)4-9(12(16)19)11(10)23-3/h4-5,7H,6H2,1-3H3,(H2,16,19)(H,17,22)(H,20,21). The first-order valence-electron chi connectivity index (χ1n) is 6.59. The van der Waals surface area contributed by atoms with E-state index < -0.39 is 23.8 Å². The molecule has 1 rings (SSSR count). The number of carboxylic acid groups (broad SMARTS) is 1. The molecule has 0 spiro atoms. The van der Waals surface area contributed by atoms with Gasteiger partial charge in [-0.15, -0.1) is 0 Å². The highest BCUT2D eigenvalue weighted by atomic mass is 35.5. The molecule has 1 aromatic carbocycles. The van der Waals surface area contributed by atoms with E-state index in [9.17, 15) is 14.4 Å². The minimum atomic E-state index is -1.01. The van der Waals surface area contributed by atoms with E-state index in [0.717, 1.165) is 0 Å². The number of rotatable bonds is 6. The van der Waals surface area contributed by atoms with Crippen LogP contribution in [0.15, 0.2) is 12.1 Å². The van der Waals surface area contributed by atoms with Crippen molar-refractivity contribution in [1.29, 1.82) is 0 Å². The molecule has 0 saturated heterocycles. The predicted octanol–water partition coefficient (Wildman–Crippen LogP) is 1.63. The molecule has 4 N–H and O–H groups in total. The summed E-state index contributed by atoms with van der Waals surface area (Å²) in [6.07, 6.45) is 0. The van der Waals surface area contributed by atoms with Gasteiger partial charge in [0.25, 0.3) is 5.91 Å². The van der Waals surface area contributed by atoms with Crippen LogP contribution in [-0.4, -0.2) is 48.6 Å². The maximum atomic E-state index is 12.1. The zero-order valence-electron chi connectivity index (χ0n) is 12.9. The number of aliphatic carboxylic acids is 1. The van der Waals surface area contributed by atoms with Crippen LogP contribution >= 0.6 is 11.6 Å². The van der Waals surface area contributed by atoms with Crippen molar-refractivity contribution in [2.45, 2.75) is 6.92 Å². The lowest BCUT2D eigenvalue weighted by Gasteiger charge is -2.21. The summed E-state index contributed by atoms with van der Waals surface area (Å²) in [6, 6.07) is 2.16. The van der Waals surface area contributed by atoms with Gasteiger partial charge in [-0.2, -0.15) is 0 Å². The van der Waals surface area contributed by atoms with Crippen molar-refractivity contribution >= 4 is 35.2 Å². The van der Waals surface area contributed by atoms with Crippen molar-refractivity contribution in [1.82, 2.24) is 4.90 Å². The largest absolute Gasteiger partial charge is 0.494 e. The van der Waals surface area contributed by atoms with Gasteiger partial charge in [0.2, 0.25) is 0 Å². The summed E-state index contributed by atoms with van der Waals surface area (Å²) in [5, 5.41) is 11.6. The minimum Gasteiger partial charge on any atom is -0.494 e. The summed E-state index contributed by atoms with van der Waals surface area (Å²) in [5.41, 5.74) is 5.44. The quantitative estimate of drug-likeness (QED) is 0.724. The molecule has 0 fully saturated rings. The third-order valence-corrected chi connectivity index (χ3v) is 3.30. The van der Waals surface area contributed by atoms with Crippen molar-refractivity contribution in [3.05, 3.63) is 22.7 Å². The molecule has 3 amide bonds. The van der Waals surface area contributed by atoms with E-state index >= 15 is 0 Å². The average molecular weight is 344 g/mol. The van der Waals surface area contributed by atoms with Gasteiger partial charge in [-0.3, -0.25) is 9.59 Å². The number of ether oxygens (including phenoxy) is 1. The first-order chi connectivity index (χ1) is 10.7. The summed E-state index contributed by atoms with van der Waals surface area (Å²) >= 11 is 5.91. The van der Waals surface area contributed by atoms with Gasteiger partial charge < -0.3 is 25.8 Å². The fourth-order valence-electron chi connectivity index (χ4n) is 1.87. The normalized spacial score (nSPS) is 11.5. The van der Waals surface area contributed by atoms with Crippen LogP contribution in [0.5, 0.6) is 5.75 Å². The first-order valence-corrected chi connectivity index (χ1v) is 6.97. The Balaban J connectivity index is 3.02. The van der Waals surface area contributed by atoms with Crippen LogP contribution in [0.1, 0.15) is 17.3 Å². The number of primary amides is 1. The van der Waals surface area contributed by atoms with Gasteiger partial charge in [0.1, 0.15) is 0 Å². The van der Waals surface area contributed by atoms with Crippen LogP contribution in [0.25, 0.3) is 0 Å². The molecule has 0 saturated carbocycles. The molecular formula is C14H18ClN3O5. The van der Waals surface area contributed by atoms with Crippen LogP contribution in [0, 0.1) is 5.92 Å². The smallest absolute Gasteiger partial charge is 0.321 e. The number of hydrogen-bond acceptors (Lipinski definition) is 4. The van der Waals surface area contributed by atoms with Crippen LogP contribution in [0.3, 0.4) is 0 Å². The number of benzene rings is 1. The molecule has 126 valence electrons. The zero-order valence-corrected chi connectivity index (χ0v) is 13.7. The number of carbonyl (C=O) groups is 3. The molecule has 9 heteroatoms. The highest BCUT2D eigenvalue weighted by Crippen LogP contribution is 2.32. The van der Waals surface area contributed by atoms with E-state index in [2.05, 4.69) is 5.32 Å². The number of hydrogen-bond donors (Lipinski definition) is 3. The third-order valence-electron chi connectivity index (χ3n) is 3.08. The van der Waals surface area contributed by atoms with E-state index in [0.29, 0.717) is 0 Å². The molecule has 0 heterocycles. The molecule has 1 aromatic rings. The van der Waals surface area contributed by atoms with Crippen molar-refractivity contribution in [3.63, 3.8) is 0 Å². The van der Waals surface area contributed by atoms with Crippen molar-refractivity contribution in [3.8, 4) is 5.75 Å². The van der Waals surface area contributed by atoms with E-state index in [1.807, 2.05) is 0 Å². The number of nitrogens with two attached hydrogens (primary N) is 1. The second-order valence-corrected chi connectivity index (χ2v) is 5.38. The molecule has 1 unspecified atom stereocenters. The Morgan fingerprint density at radius 1 is 1.43 bits per heavy atom. The lowest BCUT2D eigenvalue weighted by Crippen LogP contribution is -2.36. The van der Waals surface area contributed by atoms with Crippen molar-refractivity contribution in [2.24, 2.45) is 11.7 Å². The lowest BCUT2D eigenvalue weighted by atomic mass is 10.1. The molecule has 0 radical (unpaired) electrons. The Labute approximate surface area is 138 Å². The molecule has 8 nitrogen and oxygen atoms in total. The molecular weight excluding hydrogens is 326 g/mol. The lowest BCUT2D eigenvalue weighted by molar-refractivity contribution is -0.141. The molecule has 0 aliphatic heterocycles. The Morgan fingerprint density at radius 3 is 2.52 bits per heavy atom. The summed E-state index contributed by atoms with van der Waals surface area (Å²) in [5.74, 6) is -2.42. The predicted molar refractivity (Wildman–Crippen MR) is 85.0 cm³/mol. The van der Waals surface area contributed by atoms with Gasteiger partial charge in [-0.1, -0.05) is 18.5 Å². The van der Waals surface area contributed by atoms with Crippen molar-refractivity contribution < 1.29 is 24.2 Å². The van der Waals surface area contributed by atoms with Gasteiger partial charge >= 0.3 is 12.0 Å². The van der Waals surface area contributed by atoms with E-state index in [1.165, 1.54) is 38.1 Å². The van der Waals surface area contributed by atoms with Gasteiger partial charge in [0, 0.05) is 18.6 Å². The Bertz CT molecular complexity index is 635. The highest BCUT2D eigenvalue weighted by Gasteiger charge is 2.21. The summed E-state index contributed by atoms with van der Waals surface area (Å²) in [6.45, 7) is 1.49. The number of methoxy groups -OCH3 is 1. The third kappa shape index (κ3) is 4.75. The Kier molecular flexibility index (Phi) is 6.20. The molecule has 1 atom stereocenters. The Hall–Kier alpha value is -2.48. The van der Waals surface area contributed by atoms with E-state index in [-0.39, 0.29) is 28.6 Å². The van der Waals surface area contributed by atoms with Crippen LogP contribution < -0.4 is 15.8 Å². The second-order valence-electron chi connectivity index (χ2n) is 4.95. The first kappa shape index (κ1) is 18.6. The number of urea groups is 1. The average Bonchev–Trinajstić information content (AvgIpc) is 2.46. The summed E-state index contributed by atoms with van der Waals surface area (Å²) < 4.78 is 5.11. The van der Waals surface area contributed by atoms with Gasteiger partial charge in [-0.25, -0.2) is 4.79 Å². The van der Waals surface area contributed by atoms with E-state index in [1.54, 1.807) is 0 Å². The van der Waals surface area contributed by atoms with Gasteiger partial charge in [0.05, 0.1) is 24.3 Å².